The fraction of sp³-hybridized carbons (Fsp3) is 0.652. The maximum absolute atomic E-state index is 14.1. The van der Waals surface area contributed by atoms with Crippen molar-refractivity contribution in [2.75, 3.05) is 65.0 Å². The Morgan fingerprint density at radius 2 is 1.84 bits per heavy atom. The van der Waals surface area contributed by atoms with Crippen molar-refractivity contribution in [2.45, 2.75) is 37.1 Å². The zero-order chi connectivity index (χ0) is 22.9. The molecule has 0 saturated carbocycles. The lowest BCUT2D eigenvalue weighted by Crippen LogP contribution is -2.53. The van der Waals surface area contributed by atoms with E-state index >= 15 is 0 Å². The Labute approximate surface area is 187 Å². The van der Waals surface area contributed by atoms with E-state index in [2.05, 4.69) is 4.90 Å². The molecule has 0 radical (unpaired) electrons. The fourth-order valence-electron chi connectivity index (χ4n) is 5.43. The van der Waals surface area contributed by atoms with E-state index in [4.69, 9.17) is 4.74 Å². The van der Waals surface area contributed by atoms with Crippen LogP contribution in [0.3, 0.4) is 0 Å². The zero-order valence-electron chi connectivity index (χ0n) is 18.9. The third kappa shape index (κ3) is 4.27. The monoisotopic (exact) mass is 450 g/mol. The van der Waals surface area contributed by atoms with Crippen molar-refractivity contribution in [1.29, 1.82) is 0 Å². The second kappa shape index (κ2) is 9.21. The number of carbonyl (C=O) groups is 2. The number of piperidine rings is 2. The summed E-state index contributed by atoms with van der Waals surface area (Å²) in [5.41, 5.74) is 1.53. The van der Waals surface area contributed by atoms with Crippen LogP contribution in [0.4, 0.5) is 24.1 Å². The van der Waals surface area contributed by atoms with Crippen molar-refractivity contribution in [3.05, 3.63) is 29.6 Å². The molecule has 1 spiro atoms. The van der Waals surface area contributed by atoms with Gasteiger partial charge in [0.1, 0.15) is 19.1 Å². The van der Waals surface area contributed by atoms with Crippen LogP contribution in [0.25, 0.3) is 0 Å². The summed E-state index contributed by atoms with van der Waals surface area (Å²) in [6.45, 7) is 2.68. The van der Waals surface area contributed by atoms with Crippen LogP contribution in [-0.2, 0) is 10.2 Å². The lowest BCUT2D eigenvalue weighted by atomic mass is 9.74. The Morgan fingerprint density at radius 1 is 1.16 bits per heavy atom. The van der Waals surface area contributed by atoms with Crippen molar-refractivity contribution >= 4 is 17.8 Å². The number of benzene rings is 1. The van der Waals surface area contributed by atoms with Gasteiger partial charge in [0.2, 0.25) is 0 Å². The van der Waals surface area contributed by atoms with E-state index in [-0.39, 0.29) is 23.9 Å². The Morgan fingerprint density at radius 3 is 2.47 bits per heavy atom. The number of alkyl halides is 1. The number of anilines is 1. The maximum atomic E-state index is 14.1. The predicted molar refractivity (Wildman–Crippen MR) is 117 cm³/mol. The number of halogens is 2. The first kappa shape index (κ1) is 22.8. The molecule has 3 amide bonds. The molecule has 0 atom stereocenters. The van der Waals surface area contributed by atoms with Crippen LogP contribution in [0.2, 0.25) is 0 Å². The number of carbonyl (C=O) groups excluding carboxylic acids is 2. The third-order valence-electron chi connectivity index (χ3n) is 7.19. The number of urea groups is 1. The lowest BCUT2D eigenvalue weighted by Gasteiger charge is -2.45. The molecule has 32 heavy (non-hydrogen) atoms. The molecule has 3 aliphatic rings. The summed E-state index contributed by atoms with van der Waals surface area (Å²) in [5, 5.41) is 0. The molecule has 7 nitrogen and oxygen atoms in total. The molecule has 3 aliphatic heterocycles. The number of hydrogen-bond acceptors (Lipinski definition) is 4. The van der Waals surface area contributed by atoms with Gasteiger partial charge in [0, 0.05) is 50.9 Å². The molecule has 0 bridgehead atoms. The van der Waals surface area contributed by atoms with Crippen LogP contribution in [0, 0.1) is 5.82 Å². The largest absolute Gasteiger partial charge is 0.447 e. The molecule has 3 heterocycles. The smallest absolute Gasteiger partial charge is 0.409 e. The van der Waals surface area contributed by atoms with Crippen LogP contribution >= 0.6 is 0 Å². The molecule has 1 aromatic rings. The van der Waals surface area contributed by atoms with Crippen LogP contribution in [0.15, 0.2) is 18.2 Å². The zero-order valence-corrected chi connectivity index (χ0v) is 18.9. The summed E-state index contributed by atoms with van der Waals surface area (Å²) in [6, 6.07) is 5.06. The Hall–Kier alpha value is -2.42. The topological polar surface area (TPSA) is 56.3 Å². The number of rotatable bonds is 3. The summed E-state index contributed by atoms with van der Waals surface area (Å²) in [7, 11) is 3.47. The van der Waals surface area contributed by atoms with Gasteiger partial charge >= 0.3 is 12.1 Å². The first-order valence-electron chi connectivity index (χ1n) is 11.4. The van der Waals surface area contributed by atoms with Gasteiger partial charge in [-0.2, -0.15) is 0 Å². The summed E-state index contributed by atoms with van der Waals surface area (Å²) < 4.78 is 31.3. The van der Waals surface area contributed by atoms with Crippen LogP contribution in [0.1, 0.15) is 31.2 Å². The van der Waals surface area contributed by atoms with E-state index in [9.17, 15) is 18.4 Å². The standard InChI is InChI=1S/C23H32F2N4O3/c1-26(2)21(30)29-16-23(19-15-17(25)3-4-20(19)29)7-12-27(13-8-23)18-5-10-28(11-6-18)22(31)32-14-9-24/h3-4,15,18H,5-14,16H2,1-2H3. The van der Waals surface area contributed by atoms with Crippen molar-refractivity contribution in [3.8, 4) is 0 Å². The van der Waals surface area contributed by atoms with Gasteiger partial charge < -0.3 is 19.4 Å². The lowest BCUT2D eigenvalue weighted by molar-refractivity contribution is 0.0543. The SMILES string of the molecule is CN(C)C(=O)N1CC2(CCN(C3CCN(C(=O)OCCF)CC3)CC2)c2cc(F)ccc21. The van der Waals surface area contributed by atoms with Crippen molar-refractivity contribution in [1.82, 2.24) is 14.7 Å². The number of likely N-dealkylation sites (tertiary alicyclic amines) is 2. The highest BCUT2D eigenvalue weighted by Gasteiger charge is 2.47. The molecule has 9 heteroatoms. The molecule has 0 aromatic heterocycles. The van der Waals surface area contributed by atoms with E-state index in [0.717, 1.165) is 50.0 Å². The average molecular weight is 451 g/mol. The molecular weight excluding hydrogens is 418 g/mol. The Balaban J connectivity index is 1.40. The van der Waals surface area contributed by atoms with Crippen LogP contribution in [0.5, 0.6) is 0 Å². The molecular formula is C23H32F2N4O3. The maximum Gasteiger partial charge on any atom is 0.409 e. The van der Waals surface area contributed by atoms with Gasteiger partial charge in [0.25, 0.3) is 0 Å². The highest BCUT2D eigenvalue weighted by atomic mass is 19.1. The van der Waals surface area contributed by atoms with Gasteiger partial charge in [0.15, 0.2) is 0 Å². The molecule has 2 saturated heterocycles. The first-order chi connectivity index (χ1) is 15.3. The quantitative estimate of drug-likeness (QED) is 0.710. The van der Waals surface area contributed by atoms with Gasteiger partial charge in [-0.15, -0.1) is 0 Å². The minimum absolute atomic E-state index is 0.0795. The van der Waals surface area contributed by atoms with E-state index in [1.807, 2.05) is 0 Å². The summed E-state index contributed by atoms with van der Waals surface area (Å²) in [5.74, 6) is -0.267. The minimum atomic E-state index is -0.664. The molecule has 0 N–H and O–H groups in total. The number of nitrogens with zero attached hydrogens (tertiary/aromatic N) is 4. The van der Waals surface area contributed by atoms with Gasteiger partial charge in [0.05, 0.1) is 0 Å². The van der Waals surface area contributed by atoms with Gasteiger partial charge in [-0.1, -0.05) is 0 Å². The third-order valence-corrected chi connectivity index (χ3v) is 7.19. The van der Waals surface area contributed by atoms with Gasteiger partial charge in [-0.05, 0) is 62.5 Å². The summed E-state index contributed by atoms with van der Waals surface area (Å²) >= 11 is 0. The second-order valence-corrected chi connectivity index (χ2v) is 9.26. The minimum Gasteiger partial charge on any atom is -0.447 e. The number of hydrogen-bond donors (Lipinski definition) is 0. The van der Waals surface area contributed by atoms with Crippen molar-refractivity contribution in [3.63, 3.8) is 0 Å². The summed E-state index contributed by atoms with van der Waals surface area (Å²) in [6.07, 6.45) is 3.00. The Bertz CT molecular complexity index is 850. The number of amides is 3. The highest BCUT2D eigenvalue weighted by molar-refractivity contribution is 5.95. The van der Waals surface area contributed by atoms with E-state index in [1.54, 1.807) is 40.9 Å². The summed E-state index contributed by atoms with van der Waals surface area (Å²) in [4.78, 5) is 32.2. The molecule has 4 rings (SSSR count). The normalized spacial score (nSPS) is 21.0. The van der Waals surface area contributed by atoms with Crippen molar-refractivity contribution in [2.24, 2.45) is 0 Å². The average Bonchev–Trinajstić information content (AvgIpc) is 3.10. The first-order valence-corrected chi connectivity index (χ1v) is 11.4. The van der Waals surface area contributed by atoms with Gasteiger partial charge in [-0.25, -0.2) is 18.4 Å². The molecule has 176 valence electrons. The van der Waals surface area contributed by atoms with Crippen molar-refractivity contribution < 1.29 is 23.1 Å². The van der Waals surface area contributed by atoms with Crippen LogP contribution < -0.4 is 4.90 Å². The molecule has 1 aromatic carbocycles. The van der Waals surface area contributed by atoms with E-state index < -0.39 is 12.8 Å². The van der Waals surface area contributed by atoms with E-state index in [0.29, 0.717) is 25.7 Å². The molecule has 2 fully saturated rings. The predicted octanol–water partition coefficient (Wildman–Crippen LogP) is 3.23. The van der Waals surface area contributed by atoms with Crippen LogP contribution in [-0.4, -0.2) is 93.0 Å². The number of ether oxygens (including phenoxy) is 1. The number of fused-ring (bicyclic) bond motifs is 2. The molecule has 0 unspecified atom stereocenters. The fourth-order valence-corrected chi connectivity index (χ4v) is 5.43. The Kier molecular flexibility index (Phi) is 6.55. The second-order valence-electron chi connectivity index (χ2n) is 9.26. The van der Waals surface area contributed by atoms with Gasteiger partial charge in [-0.3, -0.25) is 4.90 Å². The highest BCUT2D eigenvalue weighted by Crippen LogP contribution is 2.48. The molecule has 0 aliphatic carbocycles. The van der Waals surface area contributed by atoms with E-state index in [1.165, 1.54) is 6.07 Å².